The molecular formula is C41H54Zr2. The molecule has 226 valence electrons. The number of benzene rings is 3. The summed E-state index contributed by atoms with van der Waals surface area (Å²) in [7, 11) is 0. The minimum atomic E-state index is -3.07. The van der Waals surface area contributed by atoms with Gasteiger partial charge >= 0.3 is 275 Å². The molecule has 0 aliphatic heterocycles. The van der Waals surface area contributed by atoms with Crippen molar-refractivity contribution in [3.63, 3.8) is 0 Å². The maximum atomic E-state index is 2.51. The monoisotopic (exact) mass is 726 g/mol. The minimum absolute atomic E-state index is 0.141. The first-order valence-electron chi connectivity index (χ1n) is 16.3. The van der Waals surface area contributed by atoms with Crippen molar-refractivity contribution in [3.8, 4) is 0 Å². The number of rotatable bonds is 9. The van der Waals surface area contributed by atoms with Crippen molar-refractivity contribution in [1.82, 2.24) is 0 Å². The fourth-order valence-electron chi connectivity index (χ4n) is 7.74. The summed E-state index contributed by atoms with van der Waals surface area (Å²) in [4.78, 5) is 0. The second kappa shape index (κ2) is 14.7. The van der Waals surface area contributed by atoms with Gasteiger partial charge in [0.15, 0.2) is 0 Å². The zero-order valence-electron chi connectivity index (χ0n) is 28.4. The van der Waals surface area contributed by atoms with E-state index in [0.717, 1.165) is 0 Å². The quantitative estimate of drug-likeness (QED) is 0.206. The third-order valence-electron chi connectivity index (χ3n) is 10.1. The van der Waals surface area contributed by atoms with Crippen LogP contribution in [0.25, 0.3) is 0 Å². The Morgan fingerprint density at radius 1 is 0.628 bits per heavy atom. The van der Waals surface area contributed by atoms with E-state index in [1.54, 1.807) is 16.7 Å². The third-order valence-corrected chi connectivity index (χ3v) is 28.9. The van der Waals surface area contributed by atoms with Gasteiger partial charge in [-0.05, 0) is 0 Å². The van der Waals surface area contributed by atoms with E-state index in [2.05, 4.69) is 159 Å². The van der Waals surface area contributed by atoms with Gasteiger partial charge in [-0.2, -0.15) is 0 Å². The van der Waals surface area contributed by atoms with Crippen LogP contribution in [-0.2, 0) is 52.9 Å². The average molecular weight is 729 g/mol. The van der Waals surface area contributed by atoms with Crippen LogP contribution in [0.1, 0.15) is 71.1 Å². The topological polar surface area (TPSA) is 0 Å². The van der Waals surface area contributed by atoms with Crippen LogP contribution < -0.4 is 0 Å². The SMILES string of the molecule is CC1=C(C)C(C)(C)[C]([Zr]([CH2]c2ccccc2)([CH2]c2ccccc2)[CH2]c2ccccc2)=C1C.CCC1=[C]([Zr]([CH3])([CH3])[CH3])CC=C1. The summed E-state index contributed by atoms with van der Waals surface area (Å²) in [5, 5.41) is 0. The van der Waals surface area contributed by atoms with Crippen LogP contribution >= 0.6 is 0 Å². The molecule has 0 atom stereocenters. The summed E-state index contributed by atoms with van der Waals surface area (Å²) in [6.45, 7) is 14.4. The second-order valence-corrected chi connectivity index (χ2v) is 37.0. The zero-order valence-corrected chi connectivity index (χ0v) is 33.3. The summed E-state index contributed by atoms with van der Waals surface area (Å²) in [5.74, 6) is 0. The molecule has 0 N–H and O–H groups in total. The van der Waals surface area contributed by atoms with Crippen LogP contribution in [0, 0.1) is 5.41 Å². The molecule has 0 saturated carbocycles. The Morgan fingerprint density at radius 2 is 1.05 bits per heavy atom. The Hall–Kier alpha value is -1.61. The van der Waals surface area contributed by atoms with E-state index in [9.17, 15) is 0 Å². The Balaban J connectivity index is 0.000000324. The summed E-state index contributed by atoms with van der Waals surface area (Å²) in [6.07, 6.45) is 7.16. The van der Waals surface area contributed by atoms with Gasteiger partial charge in [-0.25, -0.2) is 0 Å². The van der Waals surface area contributed by atoms with Gasteiger partial charge in [0, 0.05) is 0 Å². The molecule has 2 aliphatic carbocycles. The van der Waals surface area contributed by atoms with Crippen molar-refractivity contribution >= 4 is 0 Å². The summed E-state index contributed by atoms with van der Waals surface area (Å²) in [5.41, 5.74) is 11.0. The zero-order chi connectivity index (χ0) is 31.3. The number of hydrogen-bond donors (Lipinski definition) is 0. The third kappa shape index (κ3) is 8.16. The van der Waals surface area contributed by atoms with Gasteiger partial charge in [0.05, 0.1) is 0 Å². The number of hydrogen-bond acceptors (Lipinski definition) is 0. The van der Waals surface area contributed by atoms with Crippen LogP contribution in [0.15, 0.2) is 132 Å². The molecule has 0 unspecified atom stereocenters. The van der Waals surface area contributed by atoms with Gasteiger partial charge in [0.2, 0.25) is 0 Å². The molecule has 0 fully saturated rings. The van der Waals surface area contributed by atoms with Crippen LogP contribution in [0.4, 0.5) is 0 Å². The average Bonchev–Trinajstić information content (AvgIpc) is 3.53. The Labute approximate surface area is 272 Å². The molecule has 0 spiro atoms. The van der Waals surface area contributed by atoms with Crippen LogP contribution in [-0.4, -0.2) is 0 Å². The van der Waals surface area contributed by atoms with Gasteiger partial charge in [0.25, 0.3) is 0 Å². The fraction of sp³-hybridized carbons (Fsp3) is 0.366. The van der Waals surface area contributed by atoms with Crippen LogP contribution in [0.5, 0.6) is 0 Å². The van der Waals surface area contributed by atoms with Crippen molar-refractivity contribution in [3.05, 3.63) is 149 Å². The van der Waals surface area contributed by atoms with Crippen molar-refractivity contribution in [2.45, 2.75) is 80.7 Å². The molecule has 0 aromatic heterocycles. The second-order valence-electron chi connectivity index (χ2n) is 14.4. The first-order chi connectivity index (χ1) is 20.4. The summed E-state index contributed by atoms with van der Waals surface area (Å²) >= 11 is -4.75. The normalized spacial score (nSPS) is 16.6. The molecule has 0 saturated heterocycles. The van der Waals surface area contributed by atoms with E-state index in [4.69, 9.17) is 0 Å². The predicted octanol–water partition coefficient (Wildman–Crippen LogP) is 12.3. The molecule has 0 radical (unpaired) electrons. The van der Waals surface area contributed by atoms with E-state index < -0.39 is 40.5 Å². The number of allylic oxidation sites excluding steroid dienone is 8. The molecule has 0 amide bonds. The molecule has 5 rings (SSSR count). The Kier molecular flexibility index (Phi) is 11.7. The fourth-order valence-corrected chi connectivity index (χ4v) is 28.4. The standard InChI is InChI=1S/C10H15.3C7H7.C7H9.3CH3.2Zr/c1-7-6-10(4,5)9(3)8(7)2;3*1-7-5-3-2-4-6-7;1-2-7-5-3-4-6-7;;;;;/h1-5H3;3*2-6H,1H2;3,5H,2,4H2,1H3;3*1H3;;. The molecule has 0 heterocycles. The van der Waals surface area contributed by atoms with E-state index in [1.807, 2.05) is 6.56 Å². The van der Waals surface area contributed by atoms with Gasteiger partial charge in [-0.15, -0.1) is 0 Å². The Bertz CT molecular complexity index is 1390. The molecule has 3 aromatic carbocycles. The molecular weight excluding hydrogens is 675 g/mol. The van der Waals surface area contributed by atoms with Crippen molar-refractivity contribution in [2.24, 2.45) is 5.41 Å². The van der Waals surface area contributed by atoms with Gasteiger partial charge in [-0.1, -0.05) is 0 Å². The van der Waals surface area contributed by atoms with Gasteiger partial charge < -0.3 is 0 Å². The van der Waals surface area contributed by atoms with E-state index in [1.165, 1.54) is 47.5 Å². The first kappa shape index (κ1) is 34.3. The van der Waals surface area contributed by atoms with E-state index >= 15 is 0 Å². The van der Waals surface area contributed by atoms with Gasteiger partial charge in [-0.3, -0.25) is 0 Å². The molecule has 0 nitrogen and oxygen atoms in total. The molecule has 43 heavy (non-hydrogen) atoms. The predicted molar refractivity (Wildman–Crippen MR) is 184 cm³/mol. The molecule has 3 aromatic rings. The van der Waals surface area contributed by atoms with Crippen molar-refractivity contribution < 1.29 is 40.5 Å². The summed E-state index contributed by atoms with van der Waals surface area (Å²) < 4.78 is 14.9. The van der Waals surface area contributed by atoms with Gasteiger partial charge in [0.1, 0.15) is 0 Å². The molecule has 2 heteroatoms. The van der Waals surface area contributed by atoms with Crippen molar-refractivity contribution in [2.75, 3.05) is 0 Å². The van der Waals surface area contributed by atoms with Crippen LogP contribution in [0.3, 0.4) is 0 Å². The van der Waals surface area contributed by atoms with Crippen LogP contribution in [0.2, 0.25) is 13.9 Å². The maximum absolute atomic E-state index is 3.07. The first-order valence-corrected chi connectivity index (χ1v) is 31.3. The van der Waals surface area contributed by atoms with E-state index in [0.29, 0.717) is 0 Å². The van der Waals surface area contributed by atoms with E-state index in [-0.39, 0.29) is 5.41 Å². The van der Waals surface area contributed by atoms with Crippen molar-refractivity contribution in [1.29, 1.82) is 0 Å². The molecule has 2 aliphatic rings. The summed E-state index contributed by atoms with van der Waals surface area (Å²) in [6, 6.07) is 33.9. The molecule has 0 bridgehead atoms. The Morgan fingerprint density at radius 3 is 1.35 bits per heavy atom.